The molecular weight excluding hydrogens is 226 g/mol. The van der Waals surface area contributed by atoms with E-state index in [2.05, 4.69) is 11.9 Å². The van der Waals surface area contributed by atoms with E-state index in [0.717, 1.165) is 26.1 Å². The molecule has 2 heterocycles. The number of carbonyl (C=O) groups is 1. The summed E-state index contributed by atoms with van der Waals surface area (Å²) in [4.78, 5) is 16.1. The van der Waals surface area contributed by atoms with Crippen molar-refractivity contribution in [3.05, 3.63) is 0 Å². The molecule has 1 saturated carbocycles. The highest BCUT2D eigenvalue weighted by atomic mass is 19.3. The van der Waals surface area contributed by atoms with Crippen LogP contribution in [-0.4, -0.2) is 54.4 Å². The quantitative estimate of drug-likeness (QED) is 0.692. The Kier molecular flexibility index (Phi) is 2.44. The Labute approximate surface area is 99.7 Å². The molecule has 3 fully saturated rings. The number of halogens is 2. The van der Waals surface area contributed by atoms with Gasteiger partial charge in [-0.3, -0.25) is 4.79 Å². The summed E-state index contributed by atoms with van der Waals surface area (Å²) in [6.45, 7) is 2.61. The summed E-state index contributed by atoms with van der Waals surface area (Å²) in [5, 5.41) is 0. The van der Waals surface area contributed by atoms with Crippen molar-refractivity contribution in [2.45, 2.75) is 31.2 Å². The number of fused-ring (bicyclic) bond motifs is 1. The Balaban J connectivity index is 1.59. The summed E-state index contributed by atoms with van der Waals surface area (Å²) < 4.78 is 25.5. The van der Waals surface area contributed by atoms with E-state index in [-0.39, 0.29) is 18.7 Å². The molecule has 3 rings (SSSR count). The van der Waals surface area contributed by atoms with E-state index in [1.165, 1.54) is 0 Å². The highest BCUT2D eigenvalue weighted by Crippen LogP contribution is 2.44. The first-order valence-corrected chi connectivity index (χ1v) is 6.33. The van der Waals surface area contributed by atoms with Gasteiger partial charge in [-0.1, -0.05) is 0 Å². The molecule has 96 valence electrons. The molecule has 0 N–H and O–H groups in total. The van der Waals surface area contributed by atoms with Gasteiger partial charge in [0, 0.05) is 37.9 Å². The standard InChI is InChI=1S/C12H18F2N2O/c1-15-3-2-8-6-16(7-10(8)15)11(17)9-4-12(13,14)5-9/h8-10H,2-7H2,1H3. The van der Waals surface area contributed by atoms with Crippen LogP contribution in [0.4, 0.5) is 8.78 Å². The Morgan fingerprint density at radius 3 is 2.59 bits per heavy atom. The van der Waals surface area contributed by atoms with Gasteiger partial charge in [-0.25, -0.2) is 8.78 Å². The normalized spacial score (nSPS) is 37.0. The summed E-state index contributed by atoms with van der Waals surface area (Å²) in [7, 11) is 2.08. The minimum atomic E-state index is -2.59. The van der Waals surface area contributed by atoms with Gasteiger partial charge in [0.15, 0.2) is 0 Å². The molecule has 2 atom stereocenters. The van der Waals surface area contributed by atoms with Gasteiger partial charge >= 0.3 is 0 Å². The van der Waals surface area contributed by atoms with E-state index in [0.29, 0.717) is 12.0 Å². The van der Waals surface area contributed by atoms with Crippen molar-refractivity contribution < 1.29 is 13.6 Å². The lowest BCUT2D eigenvalue weighted by atomic mass is 9.80. The van der Waals surface area contributed by atoms with Crippen molar-refractivity contribution in [3.63, 3.8) is 0 Å². The predicted octanol–water partition coefficient (Wildman–Crippen LogP) is 1.19. The SMILES string of the molecule is CN1CCC2CN(C(=O)C3CC(F)(F)C3)CC21. The fraction of sp³-hybridized carbons (Fsp3) is 0.917. The van der Waals surface area contributed by atoms with Gasteiger partial charge in [-0.15, -0.1) is 0 Å². The first-order chi connectivity index (χ1) is 7.96. The molecule has 3 nitrogen and oxygen atoms in total. The second kappa shape index (κ2) is 3.64. The van der Waals surface area contributed by atoms with Gasteiger partial charge in [0.1, 0.15) is 0 Å². The van der Waals surface area contributed by atoms with E-state index in [1.54, 1.807) is 0 Å². The van der Waals surface area contributed by atoms with E-state index in [9.17, 15) is 13.6 Å². The fourth-order valence-corrected chi connectivity index (χ4v) is 3.45. The molecule has 0 bridgehead atoms. The number of amides is 1. The fourth-order valence-electron chi connectivity index (χ4n) is 3.45. The van der Waals surface area contributed by atoms with Crippen molar-refractivity contribution in [1.29, 1.82) is 0 Å². The van der Waals surface area contributed by atoms with Gasteiger partial charge in [0.2, 0.25) is 11.8 Å². The van der Waals surface area contributed by atoms with Crippen LogP contribution in [0.2, 0.25) is 0 Å². The Morgan fingerprint density at radius 1 is 1.29 bits per heavy atom. The summed E-state index contributed by atoms with van der Waals surface area (Å²) >= 11 is 0. The Bertz CT molecular complexity index is 339. The largest absolute Gasteiger partial charge is 0.341 e. The zero-order valence-corrected chi connectivity index (χ0v) is 10.0. The van der Waals surface area contributed by atoms with Crippen molar-refractivity contribution in [3.8, 4) is 0 Å². The third kappa shape index (κ3) is 1.84. The smallest absolute Gasteiger partial charge is 0.249 e. The molecule has 2 unspecified atom stereocenters. The molecule has 0 aromatic carbocycles. The van der Waals surface area contributed by atoms with Crippen molar-refractivity contribution in [1.82, 2.24) is 9.80 Å². The van der Waals surface area contributed by atoms with Crippen LogP contribution in [0.5, 0.6) is 0 Å². The van der Waals surface area contributed by atoms with Crippen LogP contribution < -0.4 is 0 Å². The lowest BCUT2D eigenvalue weighted by Crippen LogP contribution is -2.47. The maximum atomic E-state index is 12.7. The summed E-state index contributed by atoms with van der Waals surface area (Å²) in [6, 6.07) is 0.458. The minimum Gasteiger partial charge on any atom is -0.341 e. The number of hydrogen-bond donors (Lipinski definition) is 0. The first kappa shape index (κ1) is 11.4. The lowest BCUT2D eigenvalue weighted by Gasteiger charge is -2.36. The summed E-state index contributed by atoms with van der Waals surface area (Å²) in [5.41, 5.74) is 0. The van der Waals surface area contributed by atoms with Gasteiger partial charge in [-0.05, 0) is 25.9 Å². The van der Waals surface area contributed by atoms with Gasteiger partial charge in [0.25, 0.3) is 0 Å². The first-order valence-electron chi connectivity index (χ1n) is 6.33. The predicted molar refractivity (Wildman–Crippen MR) is 58.8 cm³/mol. The van der Waals surface area contributed by atoms with E-state index in [4.69, 9.17) is 0 Å². The molecular formula is C12H18F2N2O. The zero-order valence-electron chi connectivity index (χ0n) is 10.0. The van der Waals surface area contributed by atoms with Gasteiger partial charge in [0.05, 0.1) is 0 Å². The molecule has 0 radical (unpaired) electrons. The van der Waals surface area contributed by atoms with Gasteiger partial charge in [-0.2, -0.15) is 0 Å². The topological polar surface area (TPSA) is 23.6 Å². The van der Waals surface area contributed by atoms with Crippen molar-refractivity contribution >= 4 is 5.91 Å². The van der Waals surface area contributed by atoms with Crippen LogP contribution in [0, 0.1) is 11.8 Å². The van der Waals surface area contributed by atoms with Crippen molar-refractivity contribution in [2.75, 3.05) is 26.7 Å². The third-order valence-corrected chi connectivity index (χ3v) is 4.58. The molecule has 2 saturated heterocycles. The van der Waals surface area contributed by atoms with Crippen LogP contribution in [0.1, 0.15) is 19.3 Å². The number of likely N-dealkylation sites (tertiary alicyclic amines) is 2. The molecule has 1 amide bonds. The average Bonchev–Trinajstić information content (AvgIpc) is 2.76. The number of likely N-dealkylation sites (N-methyl/N-ethyl adjacent to an activating group) is 1. The molecule has 3 aliphatic rings. The van der Waals surface area contributed by atoms with E-state index < -0.39 is 11.8 Å². The van der Waals surface area contributed by atoms with E-state index >= 15 is 0 Å². The maximum absolute atomic E-state index is 12.7. The molecule has 17 heavy (non-hydrogen) atoms. The van der Waals surface area contributed by atoms with Crippen LogP contribution in [-0.2, 0) is 4.79 Å². The van der Waals surface area contributed by atoms with Crippen LogP contribution in [0.25, 0.3) is 0 Å². The molecule has 5 heteroatoms. The zero-order chi connectivity index (χ0) is 12.2. The molecule has 2 aliphatic heterocycles. The third-order valence-electron chi connectivity index (χ3n) is 4.58. The van der Waals surface area contributed by atoms with Crippen LogP contribution in [0.3, 0.4) is 0 Å². The summed E-state index contributed by atoms with van der Waals surface area (Å²) in [6.07, 6.45) is 0.646. The van der Waals surface area contributed by atoms with Crippen molar-refractivity contribution in [2.24, 2.45) is 11.8 Å². The van der Waals surface area contributed by atoms with Crippen LogP contribution in [0.15, 0.2) is 0 Å². The lowest BCUT2D eigenvalue weighted by molar-refractivity contribution is -0.159. The molecule has 0 spiro atoms. The molecule has 1 aliphatic carbocycles. The minimum absolute atomic E-state index is 0.0428. The van der Waals surface area contributed by atoms with Gasteiger partial charge < -0.3 is 9.80 Å². The molecule has 0 aromatic rings. The number of hydrogen-bond acceptors (Lipinski definition) is 2. The number of carbonyl (C=O) groups excluding carboxylic acids is 1. The average molecular weight is 244 g/mol. The second-order valence-corrected chi connectivity index (χ2v) is 5.80. The number of rotatable bonds is 1. The van der Waals surface area contributed by atoms with E-state index in [1.807, 2.05) is 4.90 Å². The summed E-state index contributed by atoms with van der Waals surface area (Å²) in [5.74, 6) is -2.50. The second-order valence-electron chi connectivity index (χ2n) is 5.80. The molecule has 0 aromatic heterocycles. The Hall–Kier alpha value is -0.710. The number of nitrogens with zero attached hydrogens (tertiary/aromatic N) is 2. The monoisotopic (exact) mass is 244 g/mol. The van der Waals surface area contributed by atoms with Crippen LogP contribution >= 0.6 is 0 Å². The highest BCUT2D eigenvalue weighted by molar-refractivity contribution is 5.80. The Morgan fingerprint density at radius 2 is 2.00 bits per heavy atom. The maximum Gasteiger partial charge on any atom is 0.249 e. The highest BCUT2D eigenvalue weighted by Gasteiger charge is 2.51. The number of alkyl halides is 2.